The number of nitrogens with zero attached hydrogens (tertiary/aromatic N) is 3. The number of anilines is 1. The van der Waals surface area contributed by atoms with Gasteiger partial charge in [-0.2, -0.15) is 0 Å². The number of fused-ring (bicyclic) bond motifs is 3. The summed E-state index contributed by atoms with van der Waals surface area (Å²) in [5, 5.41) is 3.86. The van der Waals surface area contributed by atoms with Gasteiger partial charge in [-0.1, -0.05) is 36.7 Å². The van der Waals surface area contributed by atoms with Gasteiger partial charge in [0.2, 0.25) is 17.2 Å². The number of halogens is 1. The molecule has 0 saturated carbocycles. The number of benzene rings is 2. The largest absolute Gasteiger partial charge is 0.496 e. The molecule has 13 heteroatoms. The molecule has 1 N–H and O–H groups in total. The summed E-state index contributed by atoms with van der Waals surface area (Å²) < 4.78 is 20.9. The molecule has 1 spiro atoms. The molecule has 46 heavy (non-hydrogen) atoms. The molecule has 2 aromatic carbocycles. The van der Waals surface area contributed by atoms with Crippen LogP contribution in [0, 0.1) is 5.92 Å². The van der Waals surface area contributed by atoms with E-state index < -0.39 is 45.8 Å². The van der Waals surface area contributed by atoms with Gasteiger partial charge in [-0.25, -0.2) is 4.79 Å². The number of hydrogen-bond donors (Lipinski definition) is 1. The molecule has 3 aliphatic rings. The molecule has 0 saturated heterocycles. The predicted octanol–water partition coefficient (Wildman–Crippen LogP) is 3.04. The highest BCUT2D eigenvalue weighted by Crippen LogP contribution is 2.56. The smallest absolute Gasteiger partial charge is 0.332 e. The lowest BCUT2D eigenvalue weighted by Gasteiger charge is -2.42. The van der Waals surface area contributed by atoms with Crippen molar-refractivity contribution in [3.8, 4) is 17.2 Å². The van der Waals surface area contributed by atoms with Crippen LogP contribution in [0.4, 0.5) is 5.82 Å². The van der Waals surface area contributed by atoms with E-state index in [9.17, 15) is 19.2 Å². The number of allylic oxidation sites excluding steroid dienone is 1. The SMILES string of the molecule is COc1cc(OC)c2c(c1Cl)O[C@@]1(C(=O)C3=C(C[C@H]1C)Nc1c(c(=O)n(C)c(=O)n1C)C3c1cc3ccccc3n(C)c1=O)C2=O. The van der Waals surface area contributed by atoms with Crippen LogP contribution >= 0.6 is 11.6 Å². The van der Waals surface area contributed by atoms with Crippen LogP contribution in [0.1, 0.15) is 40.7 Å². The molecule has 12 nitrogen and oxygen atoms in total. The van der Waals surface area contributed by atoms with Crippen molar-refractivity contribution < 1.29 is 23.8 Å². The van der Waals surface area contributed by atoms with E-state index in [0.717, 1.165) is 4.57 Å². The minimum absolute atomic E-state index is 0.000709. The third-order valence-electron chi connectivity index (χ3n) is 9.55. The highest BCUT2D eigenvalue weighted by atomic mass is 35.5. The van der Waals surface area contributed by atoms with Crippen LogP contribution in [-0.4, -0.2) is 45.1 Å². The first kappa shape index (κ1) is 29.6. The van der Waals surface area contributed by atoms with Crippen molar-refractivity contribution in [2.24, 2.45) is 27.1 Å². The molecule has 4 aromatic rings. The Hall–Kier alpha value is -5.10. The Morgan fingerprint density at radius 2 is 1.61 bits per heavy atom. The van der Waals surface area contributed by atoms with Gasteiger partial charge in [-0.3, -0.25) is 28.3 Å². The van der Waals surface area contributed by atoms with E-state index in [1.54, 1.807) is 32.2 Å². The van der Waals surface area contributed by atoms with Crippen LogP contribution in [0.2, 0.25) is 5.02 Å². The number of hydrogen-bond acceptors (Lipinski definition) is 9. The number of carbonyl (C=O) groups excluding carboxylic acids is 2. The summed E-state index contributed by atoms with van der Waals surface area (Å²) in [5.74, 6) is -2.95. The van der Waals surface area contributed by atoms with Crippen LogP contribution in [0.25, 0.3) is 10.9 Å². The lowest BCUT2D eigenvalue weighted by atomic mass is 9.66. The summed E-state index contributed by atoms with van der Waals surface area (Å²) in [5.41, 5.74) is -2.61. The van der Waals surface area contributed by atoms with Gasteiger partial charge in [0.25, 0.3) is 11.1 Å². The molecule has 1 aliphatic carbocycles. The first-order valence-electron chi connectivity index (χ1n) is 14.5. The number of Topliss-reactive ketones (excluding diaryl/α,β-unsaturated/α-hetero) is 2. The van der Waals surface area contributed by atoms with E-state index in [0.29, 0.717) is 16.6 Å². The number of methoxy groups -OCH3 is 2. The average molecular weight is 645 g/mol. The lowest BCUT2D eigenvalue weighted by Crippen LogP contribution is -2.58. The zero-order valence-corrected chi connectivity index (χ0v) is 26.6. The zero-order valence-electron chi connectivity index (χ0n) is 25.8. The van der Waals surface area contributed by atoms with Gasteiger partial charge < -0.3 is 24.1 Å². The Bertz CT molecular complexity index is 2300. The molecule has 0 radical (unpaired) electrons. The summed E-state index contributed by atoms with van der Waals surface area (Å²) in [7, 11) is 7.23. The summed E-state index contributed by atoms with van der Waals surface area (Å²) in [4.78, 5) is 70.7. The Balaban J connectivity index is 1.54. The van der Waals surface area contributed by atoms with E-state index in [1.807, 2.05) is 12.1 Å². The molecule has 236 valence electrons. The topological polar surface area (TPSA) is 140 Å². The molecule has 3 atom stereocenters. The molecule has 2 aromatic heterocycles. The Kier molecular flexibility index (Phi) is 6.40. The number of nitrogens with one attached hydrogen (secondary N) is 1. The maximum Gasteiger partial charge on any atom is 0.332 e. The summed E-state index contributed by atoms with van der Waals surface area (Å²) in [6.45, 7) is 1.70. The van der Waals surface area contributed by atoms with Crippen molar-refractivity contribution in [1.82, 2.24) is 13.7 Å². The lowest BCUT2D eigenvalue weighted by molar-refractivity contribution is -0.130. The van der Waals surface area contributed by atoms with Crippen molar-refractivity contribution in [2.75, 3.05) is 19.5 Å². The highest BCUT2D eigenvalue weighted by molar-refractivity contribution is 6.36. The van der Waals surface area contributed by atoms with Crippen LogP contribution in [0.15, 0.2) is 62.1 Å². The van der Waals surface area contributed by atoms with Crippen molar-refractivity contribution >= 4 is 39.9 Å². The van der Waals surface area contributed by atoms with E-state index in [2.05, 4.69) is 5.32 Å². The van der Waals surface area contributed by atoms with E-state index in [4.69, 9.17) is 25.8 Å². The number of ketones is 2. The zero-order chi connectivity index (χ0) is 33.0. The fourth-order valence-electron chi connectivity index (χ4n) is 7.15. The molecule has 0 amide bonds. The first-order chi connectivity index (χ1) is 21.9. The third kappa shape index (κ3) is 3.58. The molecule has 2 aliphatic heterocycles. The van der Waals surface area contributed by atoms with E-state index >= 15 is 4.79 Å². The number of ether oxygens (including phenoxy) is 3. The Morgan fingerprint density at radius 1 is 0.913 bits per heavy atom. The van der Waals surface area contributed by atoms with Gasteiger partial charge in [0.1, 0.15) is 27.9 Å². The highest BCUT2D eigenvalue weighted by Gasteiger charge is 2.64. The monoisotopic (exact) mass is 644 g/mol. The van der Waals surface area contributed by atoms with Gasteiger partial charge in [0.05, 0.1) is 31.2 Å². The van der Waals surface area contributed by atoms with Crippen molar-refractivity contribution in [2.45, 2.75) is 24.9 Å². The quantitative estimate of drug-likeness (QED) is 0.333. The Morgan fingerprint density at radius 3 is 2.30 bits per heavy atom. The molecule has 7 rings (SSSR count). The second-order valence-corrected chi connectivity index (χ2v) is 12.2. The van der Waals surface area contributed by atoms with Crippen LogP contribution in [-0.2, 0) is 25.9 Å². The summed E-state index contributed by atoms with van der Waals surface area (Å²) in [6.07, 6.45) is 0.102. The first-order valence-corrected chi connectivity index (χ1v) is 14.9. The fraction of sp³-hybridized carbons (Fsp3) is 0.303. The number of pyridine rings is 1. The van der Waals surface area contributed by atoms with E-state index in [1.165, 1.54) is 43.5 Å². The minimum atomic E-state index is -2.09. The summed E-state index contributed by atoms with van der Waals surface area (Å²) >= 11 is 6.63. The second-order valence-electron chi connectivity index (χ2n) is 11.8. The molecular weight excluding hydrogens is 616 g/mol. The number of carbonyl (C=O) groups is 2. The second kappa shape index (κ2) is 9.95. The van der Waals surface area contributed by atoms with E-state index in [-0.39, 0.29) is 56.8 Å². The van der Waals surface area contributed by atoms with Crippen LogP contribution in [0.3, 0.4) is 0 Å². The van der Waals surface area contributed by atoms with Gasteiger partial charge in [0.15, 0.2) is 5.75 Å². The molecule has 4 heterocycles. The maximum atomic E-state index is 15.1. The predicted molar refractivity (Wildman–Crippen MR) is 170 cm³/mol. The Labute approximate surface area is 266 Å². The normalized spacial score (nSPS) is 21.5. The third-order valence-corrected chi connectivity index (χ3v) is 9.91. The minimum Gasteiger partial charge on any atom is -0.496 e. The van der Waals surface area contributed by atoms with Gasteiger partial charge >= 0.3 is 5.69 Å². The standard InChI is InChI=1S/C33H29ClN4O8/c1-14-11-17-22(27(39)33(14)28(40)23-19(44-5)13-20(45-6)25(34)26(23)46-33)21(24-29(35-17)37(3)32(43)38(4)31(24)42)16-12-15-9-7-8-10-18(15)36(2)30(16)41/h7-10,12-14,21,35H,11H2,1-6H3/t14-,21?,33+/m1/s1. The van der Waals surface area contributed by atoms with Crippen LogP contribution < -0.4 is 36.3 Å². The molecule has 0 bridgehead atoms. The van der Waals surface area contributed by atoms with Crippen molar-refractivity contribution in [3.63, 3.8) is 0 Å². The maximum absolute atomic E-state index is 15.1. The number of para-hydroxylation sites is 1. The fourth-order valence-corrected chi connectivity index (χ4v) is 7.42. The number of aryl methyl sites for hydroxylation is 1. The van der Waals surface area contributed by atoms with Gasteiger partial charge in [-0.15, -0.1) is 0 Å². The average Bonchev–Trinajstić information content (AvgIpc) is 3.37. The van der Waals surface area contributed by atoms with Crippen molar-refractivity contribution in [3.05, 3.63) is 101 Å². The van der Waals surface area contributed by atoms with Crippen LogP contribution in [0.5, 0.6) is 17.2 Å². The number of rotatable bonds is 3. The number of aromatic nitrogens is 3. The van der Waals surface area contributed by atoms with Gasteiger partial charge in [-0.05, 0) is 23.9 Å². The molecule has 1 unspecified atom stereocenters. The van der Waals surface area contributed by atoms with Crippen molar-refractivity contribution in [1.29, 1.82) is 0 Å². The molecular formula is C33H29ClN4O8. The molecule has 0 fully saturated rings. The summed E-state index contributed by atoms with van der Waals surface area (Å²) in [6, 6.07) is 10.3. The van der Waals surface area contributed by atoms with Gasteiger partial charge in [0, 0.05) is 50.0 Å².